The third-order valence-electron chi connectivity index (χ3n) is 2.40. The van der Waals surface area contributed by atoms with E-state index >= 15 is 0 Å². The number of carbonyl (C=O) groups excluding carboxylic acids is 2. The molecule has 0 fully saturated rings. The van der Waals surface area contributed by atoms with Crippen molar-refractivity contribution in [2.75, 3.05) is 5.32 Å². The summed E-state index contributed by atoms with van der Waals surface area (Å²) in [7, 11) is 0. The van der Waals surface area contributed by atoms with E-state index in [4.69, 9.17) is 28.9 Å². The van der Waals surface area contributed by atoms with Crippen molar-refractivity contribution in [3.63, 3.8) is 0 Å². The molecule has 0 aliphatic carbocycles. The summed E-state index contributed by atoms with van der Waals surface area (Å²) >= 11 is 11.7. The van der Waals surface area contributed by atoms with Crippen LogP contribution in [0.4, 0.5) is 5.69 Å². The summed E-state index contributed by atoms with van der Waals surface area (Å²) in [6.45, 7) is 0. The standard InChI is InChI=1S/C13H9Cl2N3O2/c14-8-3-9(15)5-10(4-8)18-13(20)7-1-2-11(12(16)19)17-6-7/h1-6H,(H2,16,19)(H,18,20). The molecule has 1 aromatic heterocycles. The van der Waals surface area contributed by atoms with E-state index in [2.05, 4.69) is 10.3 Å². The zero-order chi connectivity index (χ0) is 14.7. The number of amides is 2. The maximum Gasteiger partial charge on any atom is 0.267 e. The zero-order valence-electron chi connectivity index (χ0n) is 10.1. The van der Waals surface area contributed by atoms with Crippen molar-refractivity contribution in [2.24, 2.45) is 5.73 Å². The lowest BCUT2D eigenvalue weighted by atomic mass is 10.2. The number of hydrogen-bond donors (Lipinski definition) is 2. The first kappa shape index (κ1) is 14.3. The minimum absolute atomic E-state index is 0.0901. The Morgan fingerprint density at radius 3 is 2.25 bits per heavy atom. The number of rotatable bonds is 3. The van der Waals surface area contributed by atoms with Gasteiger partial charge in [-0.1, -0.05) is 23.2 Å². The Morgan fingerprint density at radius 2 is 1.75 bits per heavy atom. The van der Waals surface area contributed by atoms with Gasteiger partial charge in [0.25, 0.3) is 11.8 Å². The van der Waals surface area contributed by atoms with Crippen molar-refractivity contribution < 1.29 is 9.59 Å². The van der Waals surface area contributed by atoms with Gasteiger partial charge in [0.2, 0.25) is 0 Å². The van der Waals surface area contributed by atoms with Crippen molar-refractivity contribution in [1.29, 1.82) is 0 Å². The van der Waals surface area contributed by atoms with Crippen LogP contribution in [0.25, 0.3) is 0 Å². The Hall–Kier alpha value is -2.11. The van der Waals surface area contributed by atoms with Gasteiger partial charge in [-0.15, -0.1) is 0 Å². The highest BCUT2D eigenvalue weighted by atomic mass is 35.5. The SMILES string of the molecule is NC(=O)c1ccc(C(=O)Nc2cc(Cl)cc(Cl)c2)cn1. The van der Waals surface area contributed by atoms with Crippen LogP contribution in [0.2, 0.25) is 10.0 Å². The van der Waals surface area contributed by atoms with E-state index in [1.165, 1.54) is 18.3 Å². The first-order valence-electron chi connectivity index (χ1n) is 5.49. The van der Waals surface area contributed by atoms with Crippen LogP contribution in [-0.4, -0.2) is 16.8 Å². The molecule has 2 aromatic rings. The molecule has 0 saturated heterocycles. The molecule has 102 valence electrons. The van der Waals surface area contributed by atoms with Gasteiger partial charge in [-0.05, 0) is 30.3 Å². The van der Waals surface area contributed by atoms with Crippen LogP contribution in [0.15, 0.2) is 36.5 Å². The fourth-order valence-electron chi connectivity index (χ4n) is 1.50. The smallest absolute Gasteiger partial charge is 0.267 e. The summed E-state index contributed by atoms with van der Waals surface area (Å²) in [5.41, 5.74) is 5.90. The maximum atomic E-state index is 12.0. The van der Waals surface area contributed by atoms with Gasteiger partial charge in [0.1, 0.15) is 5.69 Å². The number of primary amides is 1. The quantitative estimate of drug-likeness (QED) is 0.914. The highest BCUT2D eigenvalue weighted by Gasteiger charge is 2.09. The number of aromatic nitrogens is 1. The fourth-order valence-corrected chi connectivity index (χ4v) is 2.03. The number of nitrogens with two attached hydrogens (primary N) is 1. The third-order valence-corrected chi connectivity index (χ3v) is 2.83. The highest BCUT2D eigenvalue weighted by molar-refractivity contribution is 6.35. The molecular formula is C13H9Cl2N3O2. The lowest BCUT2D eigenvalue weighted by Gasteiger charge is -2.06. The second kappa shape index (κ2) is 5.90. The Morgan fingerprint density at radius 1 is 1.10 bits per heavy atom. The molecular weight excluding hydrogens is 301 g/mol. The summed E-state index contributed by atoms with van der Waals surface area (Å²) in [6.07, 6.45) is 1.27. The van der Waals surface area contributed by atoms with Gasteiger partial charge in [0, 0.05) is 21.9 Å². The topological polar surface area (TPSA) is 85.1 Å². The molecule has 0 bridgehead atoms. The maximum absolute atomic E-state index is 12.0. The van der Waals surface area contributed by atoms with Crippen molar-refractivity contribution >= 4 is 40.7 Å². The second-order valence-electron chi connectivity index (χ2n) is 3.91. The molecule has 0 radical (unpaired) electrons. The lowest BCUT2D eigenvalue weighted by molar-refractivity contribution is 0.0990. The molecule has 1 aromatic carbocycles. The largest absolute Gasteiger partial charge is 0.364 e. The van der Waals surface area contributed by atoms with E-state index < -0.39 is 11.8 Å². The summed E-state index contributed by atoms with van der Waals surface area (Å²) in [5.74, 6) is -1.05. The zero-order valence-corrected chi connectivity index (χ0v) is 11.6. The van der Waals surface area contributed by atoms with Crippen LogP contribution in [0.1, 0.15) is 20.8 Å². The monoisotopic (exact) mass is 309 g/mol. The van der Waals surface area contributed by atoms with Gasteiger partial charge >= 0.3 is 0 Å². The number of nitrogens with zero attached hydrogens (tertiary/aromatic N) is 1. The number of carbonyl (C=O) groups is 2. The molecule has 20 heavy (non-hydrogen) atoms. The molecule has 2 amide bonds. The third kappa shape index (κ3) is 3.46. The van der Waals surface area contributed by atoms with Crippen LogP contribution in [0, 0.1) is 0 Å². The Kier molecular flexibility index (Phi) is 4.22. The van der Waals surface area contributed by atoms with Crippen LogP contribution in [0.5, 0.6) is 0 Å². The lowest BCUT2D eigenvalue weighted by Crippen LogP contribution is -2.15. The number of nitrogens with one attached hydrogen (secondary N) is 1. The average Bonchev–Trinajstić information content (AvgIpc) is 2.37. The fraction of sp³-hybridized carbons (Fsp3) is 0. The van der Waals surface area contributed by atoms with Crippen molar-refractivity contribution in [3.05, 3.63) is 57.8 Å². The summed E-state index contributed by atoms with van der Waals surface area (Å²) in [6, 6.07) is 7.52. The van der Waals surface area contributed by atoms with Crippen molar-refractivity contribution in [2.45, 2.75) is 0 Å². The normalized spacial score (nSPS) is 10.1. The van der Waals surface area contributed by atoms with E-state index in [-0.39, 0.29) is 11.3 Å². The number of anilines is 1. The molecule has 0 aliphatic heterocycles. The first-order valence-corrected chi connectivity index (χ1v) is 6.24. The van der Waals surface area contributed by atoms with Crippen LogP contribution in [0.3, 0.4) is 0 Å². The summed E-state index contributed by atoms with van der Waals surface area (Å²) < 4.78 is 0. The van der Waals surface area contributed by atoms with Gasteiger partial charge in [-0.3, -0.25) is 14.6 Å². The minimum atomic E-state index is -0.654. The van der Waals surface area contributed by atoms with Crippen LogP contribution in [-0.2, 0) is 0 Å². The van der Waals surface area contributed by atoms with E-state index in [1.807, 2.05) is 0 Å². The molecule has 2 rings (SSSR count). The molecule has 7 heteroatoms. The van der Waals surface area contributed by atoms with Crippen LogP contribution >= 0.6 is 23.2 Å². The van der Waals surface area contributed by atoms with E-state index in [0.717, 1.165) is 0 Å². The molecule has 0 unspecified atom stereocenters. The molecule has 3 N–H and O–H groups in total. The highest BCUT2D eigenvalue weighted by Crippen LogP contribution is 2.22. The summed E-state index contributed by atoms with van der Waals surface area (Å²) in [4.78, 5) is 26.6. The first-order chi connectivity index (χ1) is 9.45. The second-order valence-corrected chi connectivity index (χ2v) is 4.78. The molecule has 0 atom stereocenters. The number of pyridine rings is 1. The van der Waals surface area contributed by atoms with Gasteiger partial charge in [0.15, 0.2) is 0 Å². The average molecular weight is 310 g/mol. The van der Waals surface area contributed by atoms with Crippen molar-refractivity contribution in [3.8, 4) is 0 Å². The molecule has 0 saturated carbocycles. The molecule has 0 spiro atoms. The molecule has 0 aliphatic rings. The van der Waals surface area contributed by atoms with Gasteiger partial charge in [-0.2, -0.15) is 0 Å². The number of halogens is 2. The Labute approximate surface area is 124 Å². The van der Waals surface area contributed by atoms with E-state index in [0.29, 0.717) is 15.7 Å². The van der Waals surface area contributed by atoms with Crippen LogP contribution < -0.4 is 11.1 Å². The van der Waals surface area contributed by atoms with Gasteiger partial charge in [0.05, 0.1) is 5.56 Å². The van der Waals surface area contributed by atoms with Crippen molar-refractivity contribution in [1.82, 2.24) is 4.98 Å². The molecule has 1 heterocycles. The van der Waals surface area contributed by atoms with E-state index in [1.54, 1.807) is 18.2 Å². The van der Waals surface area contributed by atoms with Gasteiger partial charge < -0.3 is 11.1 Å². The minimum Gasteiger partial charge on any atom is -0.364 e. The summed E-state index contributed by atoms with van der Waals surface area (Å²) in [5, 5.41) is 3.45. The number of hydrogen-bond acceptors (Lipinski definition) is 3. The predicted molar refractivity (Wildman–Crippen MR) is 77.2 cm³/mol. The molecule has 5 nitrogen and oxygen atoms in total. The number of benzene rings is 1. The van der Waals surface area contributed by atoms with E-state index in [9.17, 15) is 9.59 Å². The van der Waals surface area contributed by atoms with Gasteiger partial charge in [-0.25, -0.2) is 0 Å². The predicted octanol–water partition coefficient (Wildman–Crippen LogP) is 2.74. The Bertz CT molecular complexity index is 652. The Balaban J connectivity index is 2.17.